The Kier molecular flexibility index (Phi) is 4.39. The Morgan fingerprint density at radius 2 is 1.86 bits per heavy atom. The number of carbonyl (C=O) groups excluding carboxylic acids is 3. The molecule has 0 N–H and O–H groups in total. The molecule has 0 aromatic heterocycles. The fourth-order valence-electron chi connectivity index (χ4n) is 7.50. The highest BCUT2D eigenvalue weighted by Gasteiger charge is 2.69. The lowest BCUT2D eigenvalue weighted by Gasteiger charge is -2.57. The largest absolute Gasteiger partial charge is 0.446 e. The normalized spacial score (nSPS) is 43.6. The van der Waals surface area contributed by atoms with Gasteiger partial charge in [0.05, 0.1) is 0 Å². The number of hydrogen-bond acceptors (Lipinski definition) is 4. The van der Waals surface area contributed by atoms with E-state index < -0.39 is 17.0 Å². The molecular formula is C25H32O4. The summed E-state index contributed by atoms with van der Waals surface area (Å²) in [6, 6.07) is 0. The van der Waals surface area contributed by atoms with E-state index in [1.54, 1.807) is 0 Å². The van der Waals surface area contributed by atoms with E-state index in [0.717, 1.165) is 24.8 Å². The molecule has 6 atom stereocenters. The van der Waals surface area contributed by atoms with Crippen molar-refractivity contribution in [3.05, 3.63) is 35.5 Å². The minimum atomic E-state index is -1.23. The summed E-state index contributed by atoms with van der Waals surface area (Å²) in [6.45, 7) is 13.7. The van der Waals surface area contributed by atoms with Crippen molar-refractivity contribution in [2.24, 2.45) is 28.6 Å². The van der Waals surface area contributed by atoms with E-state index >= 15 is 0 Å². The minimum absolute atomic E-state index is 0.0109. The summed E-state index contributed by atoms with van der Waals surface area (Å²) in [5.74, 6) is 0.595. The van der Waals surface area contributed by atoms with E-state index in [0.29, 0.717) is 18.8 Å². The van der Waals surface area contributed by atoms with Gasteiger partial charge < -0.3 is 4.74 Å². The van der Waals surface area contributed by atoms with Crippen LogP contribution in [0.2, 0.25) is 0 Å². The zero-order valence-corrected chi connectivity index (χ0v) is 18.3. The smallest absolute Gasteiger partial charge is 0.303 e. The quantitative estimate of drug-likeness (QED) is 0.500. The lowest BCUT2D eigenvalue weighted by Crippen LogP contribution is -2.58. The SMILES string of the molecule is C=C1C[C@@H]2[C@@H]3C=C(C)C4=CC(=O)CC[C@]4(C)[C@@H]3CC[C@]2(C)[C@@]1(OC(C)=O)C(C)=O. The van der Waals surface area contributed by atoms with Crippen molar-refractivity contribution in [2.45, 2.75) is 72.3 Å². The zero-order chi connectivity index (χ0) is 21.4. The average Bonchev–Trinajstić information content (AvgIpc) is 2.85. The van der Waals surface area contributed by atoms with Gasteiger partial charge in [-0.1, -0.05) is 32.1 Å². The summed E-state index contributed by atoms with van der Waals surface area (Å²) in [5.41, 5.74) is 1.43. The third kappa shape index (κ3) is 2.47. The molecule has 4 aliphatic carbocycles. The molecule has 0 aromatic rings. The average molecular weight is 397 g/mol. The first-order chi connectivity index (χ1) is 13.5. The molecule has 0 radical (unpaired) electrons. The number of ketones is 2. The van der Waals surface area contributed by atoms with Crippen LogP contribution in [0.5, 0.6) is 0 Å². The van der Waals surface area contributed by atoms with Crippen LogP contribution in [0, 0.1) is 28.6 Å². The van der Waals surface area contributed by atoms with E-state index in [2.05, 4.69) is 33.4 Å². The van der Waals surface area contributed by atoms with Gasteiger partial charge in [-0.2, -0.15) is 0 Å². The number of esters is 1. The predicted octanol–water partition coefficient (Wildman–Crippen LogP) is 4.74. The number of carbonyl (C=O) groups is 3. The standard InChI is InChI=1S/C25H32O4/c1-14-11-19-20(23(5)9-7-18(28)13-21(14)23)8-10-24(6)22(19)12-15(2)25(24,16(3)26)29-17(4)27/h11,13,19-20,22H,2,7-10,12H2,1,3-6H3/t19-,20-,22-,23-,24+,25+/m1/s1. The molecule has 0 aromatic carbocycles. The summed E-state index contributed by atoms with van der Waals surface area (Å²) in [6.07, 6.45) is 8.15. The van der Waals surface area contributed by atoms with Gasteiger partial charge in [0.15, 0.2) is 17.2 Å². The second-order valence-corrected chi connectivity index (χ2v) is 10.2. The molecule has 2 saturated carbocycles. The zero-order valence-electron chi connectivity index (χ0n) is 18.3. The number of fused-ring (bicyclic) bond motifs is 5. The summed E-state index contributed by atoms with van der Waals surface area (Å²) in [5, 5.41) is 0. The second-order valence-electron chi connectivity index (χ2n) is 10.2. The topological polar surface area (TPSA) is 60.4 Å². The first kappa shape index (κ1) is 20.3. The van der Waals surface area contributed by atoms with Gasteiger partial charge in [-0.25, -0.2) is 0 Å². The van der Waals surface area contributed by atoms with Gasteiger partial charge in [-0.15, -0.1) is 0 Å². The first-order valence-electron chi connectivity index (χ1n) is 10.8. The van der Waals surface area contributed by atoms with Crippen molar-refractivity contribution in [2.75, 3.05) is 0 Å². The lowest BCUT2D eigenvalue weighted by molar-refractivity contribution is -0.179. The molecule has 4 heteroatoms. The number of hydrogen-bond donors (Lipinski definition) is 0. The molecule has 0 aliphatic heterocycles. The van der Waals surface area contributed by atoms with E-state index in [1.807, 2.05) is 6.08 Å². The monoisotopic (exact) mass is 396 g/mol. The van der Waals surface area contributed by atoms with Crippen molar-refractivity contribution >= 4 is 17.5 Å². The van der Waals surface area contributed by atoms with Crippen molar-refractivity contribution in [3.8, 4) is 0 Å². The first-order valence-corrected chi connectivity index (χ1v) is 10.8. The predicted molar refractivity (Wildman–Crippen MR) is 111 cm³/mol. The number of allylic oxidation sites excluding steroid dienone is 4. The van der Waals surface area contributed by atoms with Crippen molar-refractivity contribution in [1.29, 1.82) is 0 Å². The molecule has 0 amide bonds. The molecule has 4 nitrogen and oxygen atoms in total. The molecule has 2 fully saturated rings. The molecule has 0 spiro atoms. The second kappa shape index (κ2) is 6.26. The Morgan fingerprint density at radius 1 is 1.17 bits per heavy atom. The van der Waals surface area contributed by atoms with Gasteiger partial charge in [-0.3, -0.25) is 14.4 Å². The van der Waals surface area contributed by atoms with Crippen LogP contribution >= 0.6 is 0 Å². The molecule has 0 saturated heterocycles. The summed E-state index contributed by atoms with van der Waals surface area (Å²) >= 11 is 0. The molecular weight excluding hydrogens is 364 g/mol. The highest BCUT2D eigenvalue weighted by molar-refractivity contribution is 5.93. The molecule has 4 rings (SSSR count). The summed E-state index contributed by atoms with van der Waals surface area (Å²) in [7, 11) is 0. The van der Waals surface area contributed by atoms with Crippen LogP contribution in [-0.2, 0) is 19.1 Å². The van der Waals surface area contributed by atoms with E-state index in [4.69, 9.17) is 4.74 Å². The third-order valence-electron chi connectivity index (χ3n) is 8.78. The summed E-state index contributed by atoms with van der Waals surface area (Å²) < 4.78 is 5.83. The van der Waals surface area contributed by atoms with Crippen LogP contribution in [0.4, 0.5) is 0 Å². The number of ether oxygens (including phenoxy) is 1. The van der Waals surface area contributed by atoms with Gasteiger partial charge in [0.1, 0.15) is 0 Å². The summed E-state index contributed by atoms with van der Waals surface area (Å²) in [4.78, 5) is 37.0. The van der Waals surface area contributed by atoms with E-state index in [1.165, 1.54) is 25.0 Å². The van der Waals surface area contributed by atoms with Crippen LogP contribution < -0.4 is 0 Å². The molecule has 0 unspecified atom stereocenters. The highest BCUT2D eigenvalue weighted by atomic mass is 16.6. The van der Waals surface area contributed by atoms with Crippen LogP contribution in [0.25, 0.3) is 0 Å². The van der Waals surface area contributed by atoms with Gasteiger partial charge in [0.2, 0.25) is 0 Å². The Labute approximate surface area is 173 Å². The fourth-order valence-corrected chi connectivity index (χ4v) is 7.50. The Hall–Kier alpha value is -1.97. The van der Waals surface area contributed by atoms with Crippen molar-refractivity contribution in [1.82, 2.24) is 0 Å². The Bertz CT molecular complexity index is 892. The fraction of sp³-hybridized carbons (Fsp3) is 0.640. The maximum Gasteiger partial charge on any atom is 0.303 e. The Balaban J connectivity index is 1.84. The van der Waals surface area contributed by atoms with Crippen LogP contribution in [0.3, 0.4) is 0 Å². The minimum Gasteiger partial charge on any atom is -0.446 e. The van der Waals surface area contributed by atoms with Crippen LogP contribution in [0.15, 0.2) is 35.5 Å². The molecule has 4 aliphatic rings. The number of rotatable bonds is 2. The van der Waals surface area contributed by atoms with Gasteiger partial charge in [-0.05, 0) is 79.9 Å². The van der Waals surface area contributed by atoms with Gasteiger partial charge in [0, 0.05) is 18.8 Å². The van der Waals surface area contributed by atoms with E-state index in [9.17, 15) is 14.4 Å². The number of Topliss-reactive ketones (excluding diaryl/α,β-unsaturated/α-hetero) is 1. The maximum absolute atomic E-state index is 12.9. The van der Waals surface area contributed by atoms with Gasteiger partial charge >= 0.3 is 5.97 Å². The van der Waals surface area contributed by atoms with Crippen LogP contribution in [0.1, 0.15) is 66.7 Å². The molecule has 0 bridgehead atoms. The molecule has 29 heavy (non-hydrogen) atoms. The van der Waals surface area contributed by atoms with Crippen LogP contribution in [-0.4, -0.2) is 23.1 Å². The van der Waals surface area contributed by atoms with Gasteiger partial charge in [0.25, 0.3) is 0 Å². The maximum atomic E-state index is 12.9. The van der Waals surface area contributed by atoms with E-state index in [-0.39, 0.29) is 28.8 Å². The third-order valence-corrected chi connectivity index (χ3v) is 8.78. The lowest BCUT2D eigenvalue weighted by atomic mass is 9.47. The van der Waals surface area contributed by atoms with Crippen molar-refractivity contribution < 1.29 is 19.1 Å². The van der Waals surface area contributed by atoms with Crippen molar-refractivity contribution in [3.63, 3.8) is 0 Å². The Morgan fingerprint density at radius 3 is 2.48 bits per heavy atom. The highest BCUT2D eigenvalue weighted by Crippen LogP contribution is 2.68. The molecule has 156 valence electrons. The molecule has 0 heterocycles.